The summed E-state index contributed by atoms with van der Waals surface area (Å²) in [6.07, 6.45) is 3.17. The number of benzene rings is 3. The minimum Gasteiger partial charge on any atom is -0.493 e. The van der Waals surface area contributed by atoms with Gasteiger partial charge in [-0.2, -0.15) is 0 Å². The van der Waals surface area contributed by atoms with Gasteiger partial charge in [-0.05, 0) is 53.9 Å². The van der Waals surface area contributed by atoms with E-state index >= 15 is 0 Å². The summed E-state index contributed by atoms with van der Waals surface area (Å²) in [4.78, 5) is 15.5. The summed E-state index contributed by atoms with van der Waals surface area (Å²) < 4.78 is 11.6. The highest BCUT2D eigenvalue weighted by atomic mass is 16.5. The van der Waals surface area contributed by atoms with E-state index in [1.54, 1.807) is 6.26 Å². The predicted molar refractivity (Wildman–Crippen MR) is 133 cm³/mol. The van der Waals surface area contributed by atoms with E-state index in [-0.39, 0.29) is 5.91 Å². The average Bonchev–Trinajstić information content (AvgIpc) is 3.40. The molecule has 34 heavy (non-hydrogen) atoms. The lowest BCUT2D eigenvalue weighted by Gasteiger charge is -2.48. The monoisotopic (exact) mass is 452 g/mol. The second-order valence-electron chi connectivity index (χ2n) is 8.46. The summed E-state index contributed by atoms with van der Waals surface area (Å²) in [6, 6.07) is 29.8. The molecule has 1 N–H and O–H groups in total. The van der Waals surface area contributed by atoms with E-state index in [1.807, 2.05) is 83.8 Å². The molecular weight excluding hydrogens is 424 g/mol. The second kappa shape index (κ2) is 9.48. The predicted octanol–water partition coefficient (Wildman–Crippen LogP) is 6.23. The third-order valence-corrected chi connectivity index (χ3v) is 6.44. The maximum Gasteiger partial charge on any atom is 0.258 e. The molecule has 0 spiro atoms. The van der Waals surface area contributed by atoms with Crippen LogP contribution in [0.5, 0.6) is 5.75 Å². The van der Waals surface area contributed by atoms with Crippen LogP contribution >= 0.6 is 0 Å². The molecule has 1 aliphatic rings. The Kier molecular flexibility index (Phi) is 6.09. The van der Waals surface area contributed by atoms with Gasteiger partial charge in [0, 0.05) is 12.1 Å². The Morgan fingerprint density at radius 3 is 2.41 bits per heavy atom. The minimum absolute atomic E-state index is 0.0178. The SMILES string of the molecule is CCC1(c2ccc(OCCc3ccccc3)cc2)Nc2ccccc2C(=O)N1Cc1ccco1. The molecule has 0 bridgehead atoms. The van der Waals surface area contributed by atoms with Crippen LogP contribution in [0, 0.1) is 0 Å². The molecular formula is C29H28N2O3. The fourth-order valence-corrected chi connectivity index (χ4v) is 4.62. The average molecular weight is 453 g/mol. The van der Waals surface area contributed by atoms with E-state index in [4.69, 9.17) is 9.15 Å². The Morgan fingerprint density at radius 2 is 1.68 bits per heavy atom. The van der Waals surface area contributed by atoms with Crippen LogP contribution in [0.4, 0.5) is 5.69 Å². The summed E-state index contributed by atoms with van der Waals surface area (Å²) in [6.45, 7) is 3.07. The number of hydrogen-bond acceptors (Lipinski definition) is 4. The van der Waals surface area contributed by atoms with Gasteiger partial charge in [-0.25, -0.2) is 0 Å². The molecule has 5 nitrogen and oxygen atoms in total. The molecule has 1 atom stereocenters. The van der Waals surface area contributed by atoms with Crippen molar-refractivity contribution >= 4 is 11.6 Å². The molecule has 5 heteroatoms. The first-order chi connectivity index (χ1) is 16.7. The van der Waals surface area contributed by atoms with Gasteiger partial charge in [0.15, 0.2) is 0 Å². The van der Waals surface area contributed by atoms with Crippen molar-refractivity contribution in [2.75, 3.05) is 11.9 Å². The Balaban J connectivity index is 1.42. The van der Waals surface area contributed by atoms with Crippen molar-refractivity contribution in [3.05, 3.63) is 120 Å². The van der Waals surface area contributed by atoms with Gasteiger partial charge < -0.3 is 19.4 Å². The zero-order valence-corrected chi connectivity index (χ0v) is 19.2. The highest BCUT2D eigenvalue weighted by Crippen LogP contribution is 2.41. The lowest BCUT2D eigenvalue weighted by atomic mass is 9.89. The lowest BCUT2D eigenvalue weighted by Crippen LogP contribution is -2.56. The summed E-state index contributed by atoms with van der Waals surface area (Å²) in [5.41, 5.74) is 3.05. The molecule has 0 saturated heterocycles. The van der Waals surface area contributed by atoms with Crippen molar-refractivity contribution in [3.63, 3.8) is 0 Å². The van der Waals surface area contributed by atoms with Crippen molar-refractivity contribution in [2.24, 2.45) is 0 Å². The van der Waals surface area contributed by atoms with Gasteiger partial charge >= 0.3 is 0 Å². The number of para-hydroxylation sites is 1. The normalized spacial score (nSPS) is 17.2. The fraction of sp³-hybridized carbons (Fsp3) is 0.207. The van der Waals surface area contributed by atoms with Crippen molar-refractivity contribution in [2.45, 2.75) is 32.0 Å². The molecule has 0 aliphatic carbocycles. The highest BCUT2D eigenvalue weighted by Gasteiger charge is 2.45. The van der Waals surface area contributed by atoms with Crippen molar-refractivity contribution < 1.29 is 13.9 Å². The van der Waals surface area contributed by atoms with Crippen molar-refractivity contribution in [1.82, 2.24) is 4.90 Å². The summed E-state index contributed by atoms with van der Waals surface area (Å²) in [7, 11) is 0. The smallest absolute Gasteiger partial charge is 0.258 e. The van der Waals surface area contributed by atoms with Gasteiger partial charge in [0.1, 0.15) is 17.2 Å². The van der Waals surface area contributed by atoms with Gasteiger partial charge in [0.25, 0.3) is 5.91 Å². The van der Waals surface area contributed by atoms with E-state index in [1.165, 1.54) is 5.56 Å². The fourth-order valence-electron chi connectivity index (χ4n) is 4.62. The standard InChI is InChI=1S/C29H28N2O3/c1-2-29(23-14-16-24(17-15-23)34-20-18-22-9-4-3-5-10-22)30-27-13-7-6-12-26(27)28(32)31(29)21-25-11-8-19-33-25/h3-17,19,30H,2,18,20-21H2,1H3. The van der Waals surface area contributed by atoms with E-state index < -0.39 is 5.66 Å². The second-order valence-corrected chi connectivity index (χ2v) is 8.46. The largest absolute Gasteiger partial charge is 0.493 e. The molecule has 5 rings (SSSR count). The number of carbonyl (C=O) groups is 1. The third-order valence-electron chi connectivity index (χ3n) is 6.44. The quantitative estimate of drug-likeness (QED) is 0.344. The van der Waals surface area contributed by atoms with Crippen LogP contribution in [0.3, 0.4) is 0 Å². The molecule has 1 unspecified atom stereocenters. The van der Waals surface area contributed by atoms with Crippen LogP contribution in [0.2, 0.25) is 0 Å². The van der Waals surface area contributed by atoms with E-state index in [2.05, 4.69) is 24.4 Å². The van der Waals surface area contributed by atoms with Gasteiger partial charge in [0.05, 0.1) is 25.0 Å². The first-order valence-electron chi connectivity index (χ1n) is 11.7. The molecule has 172 valence electrons. The Bertz CT molecular complexity index is 1240. The van der Waals surface area contributed by atoms with Crippen molar-refractivity contribution in [1.29, 1.82) is 0 Å². The molecule has 3 aromatic carbocycles. The number of furan rings is 1. The highest BCUT2D eigenvalue weighted by molar-refractivity contribution is 6.02. The maximum absolute atomic E-state index is 13.7. The lowest BCUT2D eigenvalue weighted by molar-refractivity contribution is 0.0430. The third kappa shape index (κ3) is 4.17. The van der Waals surface area contributed by atoms with E-state index in [0.717, 1.165) is 29.2 Å². The number of nitrogens with zero attached hydrogens (tertiary/aromatic N) is 1. The Hall–Kier alpha value is -3.99. The van der Waals surface area contributed by atoms with Crippen LogP contribution in [0.1, 0.15) is 40.6 Å². The Morgan fingerprint density at radius 1 is 0.912 bits per heavy atom. The number of fused-ring (bicyclic) bond motifs is 1. The zero-order chi connectivity index (χ0) is 23.4. The van der Waals surface area contributed by atoms with Gasteiger partial charge in [-0.3, -0.25) is 4.79 Å². The molecule has 0 saturated carbocycles. The molecule has 1 aliphatic heterocycles. The molecule has 4 aromatic rings. The number of hydrogen-bond donors (Lipinski definition) is 1. The molecule has 1 amide bonds. The molecule has 0 radical (unpaired) electrons. The van der Waals surface area contributed by atoms with Crippen LogP contribution in [-0.4, -0.2) is 17.4 Å². The number of rotatable bonds is 8. The van der Waals surface area contributed by atoms with Gasteiger partial charge in [0.2, 0.25) is 0 Å². The van der Waals surface area contributed by atoms with Crippen molar-refractivity contribution in [3.8, 4) is 5.75 Å². The molecule has 0 fully saturated rings. The van der Waals surface area contributed by atoms with Crippen LogP contribution in [0.25, 0.3) is 0 Å². The number of carbonyl (C=O) groups excluding carboxylic acids is 1. The van der Waals surface area contributed by atoms with Crippen LogP contribution in [-0.2, 0) is 18.6 Å². The minimum atomic E-state index is -0.708. The first kappa shape index (κ1) is 21.8. The van der Waals surface area contributed by atoms with E-state index in [9.17, 15) is 4.79 Å². The van der Waals surface area contributed by atoms with Crippen LogP contribution in [0.15, 0.2) is 102 Å². The maximum atomic E-state index is 13.7. The number of ether oxygens (including phenoxy) is 1. The van der Waals surface area contributed by atoms with E-state index in [0.29, 0.717) is 25.1 Å². The van der Waals surface area contributed by atoms with Gasteiger partial charge in [-0.15, -0.1) is 0 Å². The summed E-state index contributed by atoms with van der Waals surface area (Å²) in [5, 5.41) is 3.68. The Labute approximate surface area is 200 Å². The number of nitrogens with one attached hydrogen (secondary N) is 1. The topological polar surface area (TPSA) is 54.7 Å². The summed E-state index contributed by atoms with van der Waals surface area (Å²) >= 11 is 0. The summed E-state index contributed by atoms with van der Waals surface area (Å²) in [5.74, 6) is 1.54. The van der Waals surface area contributed by atoms with Crippen LogP contribution < -0.4 is 10.1 Å². The molecule has 2 heterocycles. The molecule has 1 aromatic heterocycles. The number of anilines is 1. The van der Waals surface area contributed by atoms with Gasteiger partial charge in [-0.1, -0.05) is 61.5 Å². The number of amides is 1. The zero-order valence-electron chi connectivity index (χ0n) is 19.2. The first-order valence-corrected chi connectivity index (χ1v) is 11.7.